The maximum absolute atomic E-state index is 12.3. The Morgan fingerprint density at radius 2 is 1.73 bits per heavy atom. The highest BCUT2D eigenvalue weighted by Gasteiger charge is 2.12. The molecule has 0 saturated heterocycles. The number of carbonyl (C=O) groups excluding carboxylic acids is 2. The molecule has 2 aromatic carbocycles. The van der Waals surface area contributed by atoms with E-state index in [0.29, 0.717) is 48.9 Å². The summed E-state index contributed by atoms with van der Waals surface area (Å²) in [6, 6.07) is 12.6. The second-order valence-corrected chi connectivity index (χ2v) is 7.09. The molecule has 0 radical (unpaired) electrons. The van der Waals surface area contributed by atoms with Gasteiger partial charge in [0.1, 0.15) is 5.75 Å². The van der Waals surface area contributed by atoms with Gasteiger partial charge in [0.05, 0.1) is 34.1 Å². The molecule has 0 atom stereocenters. The fraction of sp³-hybridized carbons (Fsp3) is 0.304. The summed E-state index contributed by atoms with van der Waals surface area (Å²) in [6.45, 7) is 0.762. The molecule has 0 spiro atoms. The van der Waals surface area contributed by atoms with Crippen LogP contribution in [0.15, 0.2) is 48.7 Å². The van der Waals surface area contributed by atoms with E-state index in [4.69, 9.17) is 14.2 Å². The van der Waals surface area contributed by atoms with Crippen LogP contribution in [0.25, 0.3) is 0 Å². The van der Waals surface area contributed by atoms with E-state index < -0.39 is 0 Å². The van der Waals surface area contributed by atoms with Gasteiger partial charge in [0, 0.05) is 18.7 Å². The fourth-order valence-electron chi connectivity index (χ4n) is 3.07. The van der Waals surface area contributed by atoms with Crippen LogP contribution in [0, 0.1) is 0 Å². The predicted molar refractivity (Wildman–Crippen MR) is 122 cm³/mol. The second-order valence-electron chi connectivity index (χ2n) is 7.09. The molecule has 10 heteroatoms. The molecule has 0 aliphatic carbocycles. The first-order valence-corrected chi connectivity index (χ1v) is 10.4. The van der Waals surface area contributed by atoms with Crippen LogP contribution in [0.5, 0.6) is 17.2 Å². The van der Waals surface area contributed by atoms with E-state index in [2.05, 4.69) is 20.9 Å². The summed E-state index contributed by atoms with van der Waals surface area (Å²) >= 11 is 0. The van der Waals surface area contributed by atoms with Gasteiger partial charge < -0.3 is 24.8 Å². The summed E-state index contributed by atoms with van der Waals surface area (Å²) in [7, 11) is 4.73. The average molecular weight is 453 g/mol. The highest BCUT2D eigenvalue weighted by molar-refractivity contribution is 6.02. The third kappa shape index (κ3) is 6.70. The molecule has 3 aromatic rings. The Morgan fingerprint density at radius 3 is 2.42 bits per heavy atom. The Balaban J connectivity index is 1.41. The van der Waals surface area contributed by atoms with Crippen LogP contribution in [0.4, 0.5) is 5.69 Å². The van der Waals surface area contributed by atoms with Crippen LogP contribution in [0.1, 0.15) is 22.5 Å². The minimum absolute atomic E-state index is 0.0811. The van der Waals surface area contributed by atoms with Gasteiger partial charge in [-0.3, -0.25) is 9.59 Å². The lowest BCUT2D eigenvalue weighted by Gasteiger charge is -2.09. The first-order valence-electron chi connectivity index (χ1n) is 10.4. The Hall–Kier alpha value is -4.08. The van der Waals surface area contributed by atoms with Crippen molar-refractivity contribution in [3.63, 3.8) is 0 Å². The molecule has 0 fully saturated rings. The molecule has 3 rings (SSSR count). The molecule has 10 nitrogen and oxygen atoms in total. The molecular weight excluding hydrogens is 426 g/mol. The fourth-order valence-corrected chi connectivity index (χ4v) is 3.07. The smallest absolute Gasteiger partial charge is 0.277 e. The molecular formula is C23H27N5O5. The van der Waals surface area contributed by atoms with Crippen molar-refractivity contribution >= 4 is 17.5 Å². The predicted octanol–water partition coefficient (Wildman–Crippen LogP) is 2.31. The average Bonchev–Trinajstić information content (AvgIpc) is 3.32. The van der Waals surface area contributed by atoms with Crippen molar-refractivity contribution in [2.75, 3.05) is 33.2 Å². The number of hydrogen-bond donors (Lipinski definition) is 2. The molecule has 2 amide bonds. The lowest BCUT2D eigenvalue weighted by Crippen LogP contribution is -2.27. The number of amides is 2. The number of methoxy groups -OCH3 is 3. The largest absolute Gasteiger partial charge is 0.497 e. The van der Waals surface area contributed by atoms with Gasteiger partial charge in [-0.2, -0.15) is 0 Å². The Morgan fingerprint density at radius 1 is 0.970 bits per heavy atom. The monoisotopic (exact) mass is 453 g/mol. The van der Waals surface area contributed by atoms with Crippen LogP contribution in [0.2, 0.25) is 0 Å². The van der Waals surface area contributed by atoms with Gasteiger partial charge in [-0.15, -0.1) is 5.10 Å². The topological polar surface area (TPSA) is 117 Å². The Bertz CT molecular complexity index is 1080. The minimum atomic E-state index is -0.370. The van der Waals surface area contributed by atoms with Gasteiger partial charge in [0.2, 0.25) is 5.91 Å². The number of aromatic nitrogens is 3. The molecule has 0 aliphatic rings. The number of anilines is 1. The first-order chi connectivity index (χ1) is 16.0. The van der Waals surface area contributed by atoms with E-state index in [9.17, 15) is 9.59 Å². The third-order valence-corrected chi connectivity index (χ3v) is 4.87. The molecule has 0 unspecified atom stereocenters. The maximum atomic E-state index is 12.3. The summed E-state index contributed by atoms with van der Waals surface area (Å²) < 4.78 is 17.1. The van der Waals surface area contributed by atoms with Crippen molar-refractivity contribution < 1.29 is 23.8 Å². The van der Waals surface area contributed by atoms with Crippen LogP contribution in [0.3, 0.4) is 0 Å². The number of hydrogen-bond acceptors (Lipinski definition) is 7. The van der Waals surface area contributed by atoms with Crippen molar-refractivity contribution in [1.29, 1.82) is 0 Å². The molecule has 1 heterocycles. The lowest BCUT2D eigenvalue weighted by molar-refractivity contribution is -0.121. The molecule has 2 N–H and O–H groups in total. The van der Waals surface area contributed by atoms with Gasteiger partial charge >= 0.3 is 0 Å². The molecule has 0 bridgehead atoms. The summed E-state index contributed by atoms with van der Waals surface area (Å²) in [4.78, 5) is 24.5. The summed E-state index contributed by atoms with van der Waals surface area (Å²) in [5.74, 6) is 1.53. The number of rotatable bonds is 11. The number of aryl methyl sites for hydroxylation is 1. The molecule has 0 saturated carbocycles. The Labute approximate surface area is 191 Å². The van der Waals surface area contributed by atoms with Crippen molar-refractivity contribution in [1.82, 2.24) is 20.3 Å². The highest BCUT2D eigenvalue weighted by atomic mass is 16.5. The van der Waals surface area contributed by atoms with Crippen LogP contribution in [-0.4, -0.2) is 54.7 Å². The summed E-state index contributed by atoms with van der Waals surface area (Å²) in [5, 5.41) is 13.4. The number of benzene rings is 2. The van der Waals surface area contributed by atoms with Crippen LogP contribution in [-0.2, 0) is 17.8 Å². The second kappa shape index (κ2) is 11.5. The SMILES string of the molecule is COc1ccc(NC(=O)c2cn(CCNC(=O)CCc3ccc(OC)c(OC)c3)nn2)cc1. The van der Waals surface area contributed by atoms with Gasteiger partial charge in [0.25, 0.3) is 5.91 Å². The van der Waals surface area contributed by atoms with E-state index >= 15 is 0 Å². The van der Waals surface area contributed by atoms with E-state index in [1.165, 1.54) is 10.9 Å². The maximum Gasteiger partial charge on any atom is 0.277 e. The summed E-state index contributed by atoms with van der Waals surface area (Å²) in [6.07, 6.45) is 2.45. The van der Waals surface area contributed by atoms with Crippen LogP contribution >= 0.6 is 0 Å². The number of carbonyl (C=O) groups is 2. The van der Waals surface area contributed by atoms with Crippen molar-refractivity contribution in [2.24, 2.45) is 0 Å². The van der Waals surface area contributed by atoms with E-state index in [0.717, 1.165) is 5.56 Å². The van der Waals surface area contributed by atoms with Crippen molar-refractivity contribution in [2.45, 2.75) is 19.4 Å². The standard InChI is InChI=1S/C23H27N5O5/c1-31-18-8-6-17(7-9-18)25-23(30)19-15-28(27-26-19)13-12-24-22(29)11-5-16-4-10-20(32-2)21(14-16)33-3/h4,6-10,14-15H,5,11-13H2,1-3H3,(H,24,29)(H,25,30). The number of nitrogens with one attached hydrogen (secondary N) is 2. The lowest BCUT2D eigenvalue weighted by atomic mass is 10.1. The molecule has 174 valence electrons. The van der Waals surface area contributed by atoms with Crippen molar-refractivity contribution in [3.05, 3.63) is 59.9 Å². The van der Waals surface area contributed by atoms with Crippen LogP contribution < -0.4 is 24.8 Å². The third-order valence-electron chi connectivity index (χ3n) is 4.87. The number of ether oxygens (including phenoxy) is 3. The quantitative estimate of drug-likeness (QED) is 0.458. The summed E-state index contributed by atoms with van der Waals surface area (Å²) in [5.41, 5.74) is 1.79. The minimum Gasteiger partial charge on any atom is -0.497 e. The zero-order valence-electron chi connectivity index (χ0n) is 18.8. The highest BCUT2D eigenvalue weighted by Crippen LogP contribution is 2.27. The zero-order chi connectivity index (χ0) is 23.6. The molecule has 0 aliphatic heterocycles. The van der Waals surface area contributed by atoms with Gasteiger partial charge in [0.15, 0.2) is 17.2 Å². The van der Waals surface area contributed by atoms with Gasteiger partial charge in [-0.1, -0.05) is 11.3 Å². The zero-order valence-corrected chi connectivity index (χ0v) is 18.8. The van der Waals surface area contributed by atoms with Gasteiger partial charge in [-0.05, 0) is 48.4 Å². The number of nitrogens with zero attached hydrogens (tertiary/aromatic N) is 3. The molecule has 1 aromatic heterocycles. The van der Waals surface area contributed by atoms with Gasteiger partial charge in [-0.25, -0.2) is 4.68 Å². The normalized spacial score (nSPS) is 10.4. The van der Waals surface area contributed by atoms with Crippen molar-refractivity contribution in [3.8, 4) is 17.2 Å². The van der Waals surface area contributed by atoms with E-state index in [1.54, 1.807) is 45.6 Å². The first kappa shape index (κ1) is 23.6. The Kier molecular flexibility index (Phi) is 8.23. The molecule has 33 heavy (non-hydrogen) atoms. The van der Waals surface area contributed by atoms with E-state index in [1.807, 2.05) is 18.2 Å². The van der Waals surface area contributed by atoms with E-state index in [-0.39, 0.29) is 17.5 Å².